The quantitative estimate of drug-likeness (QED) is 0.645. The van der Waals surface area contributed by atoms with E-state index in [9.17, 15) is 9.59 Å². The summed E-state index contributed by atoms with van der Waals surface area (Å²) in [5.41, 5.74) is 0. The molecule has 0 aliphatic heterocycles. The Morgan fingerprint density at radius 3 is 2.70 bits per heavy atom. The van der Waals surface area contributed by atoms with Gasteiger partial charge in [-0.2, -0.15) is 4.98 Å². The number of urea groups is 1. The molecule has 0 spiro atoms. The Hall–Kier alpha value is -2.12. The summed E-state index contributed by atoms with van der Waals surface area (Å²) in [5.74, 6) is -0.698. The zero-order valence-electron chi connectivity index (χ0n) is 11.6. The summed E-state index contributed by atoms with van der Waals surface area (Å²) in [4.78, 5) is 26.3. The van der Waals surface area contributed by atoms with Gasteiger partial charge in [-0.05, 0) is 12.3 Å². The molecule has 8 heteroatoms. The number of carbonyl (C=O) groups excluding carboxylic acids is 1. The van der Waals surface area contributed by atoms with Crippen LogP contribution >= 0.6 is 0 Å². The molecule has 0 saturated carbocycles. The van der Waals surface area contributed by atoms with Gasteiger partial charge in [-0.25, -0.2) is 4.79 Å². The lowest BCUT2D eigenvalue weighted by atomic mass is 9.97. The molecule has 1 rings (SSSR count). The first-order chi connectivity index (χ1) is 9.49. The number of aliphatic carboxylic acids is 1. The molecule has 0 aliphatic carbocycles. The van der Waals surface area contributed by atoms with Crippen molar-refractivity contribution in [3.8, 4) is 0 Å². The summed E-state index contributed by atoms with van der Waals surface area (Å²) in [6.45, 7) is 4.36. The minimum absolute atomic E-state index is 0.113. The van der Waals surface area contributed by atoms with Crippen LogP contribution in [0.4, 0.5) is 4.79 Å². The average Bonchev–Trinajstić information content (AvgIpc) is 2.86. The van der Waals surface area contributed by atoms with E-state index in [1.54, 1.807) is 0 Å². The summed E-state index contributed by atoms with van der Waals surface area (Å²) in [6.07, 6.45) is 2.20. The maximum atomic E-state index is 11.5. The second kappa shape index (κ2) is 8.13. The van der Waals surface area contributed by atoms with E-state index >= 15 is 0 Å². The normalized spacial score (nSPS) is 12.2. The fourth-order valence-electron chi connectivity index (χ4n) is 1.71. The van der Waals surface area contributed by atoms with Crippen LogP contribution in [0.25, 0.3) is 0 Å². The molecular weight excluding hydrogens is 264 g/mol. The van der Waals surface area contributed by atoms with Crippen molar-refractivity contribution >= 4 is 12.0 Å². The summed E-state index contributed by atoms with van der Waals surface area (Å²) < 4.78 is 4.56. The summed E-state index contributed by atoms with van der Waals surface area (Å²) in [5, 5.41) is 17.8. The van der Waals surface area contributed by atoms with Crippen LogP contribution in [0.15, 0.2) is 10.9 Å². The van der Waals surface area contributed by atoms with Gasteiger partial charge in [0.05, 0.1) is 5.92 Å². The molecule has 1 aromatic rings. The third-order valence-electron chi connectivity index (χ3n) is 2.66. The third kappa shape index (κ3) is 6.17. The van der Waals surface area contributed by atoms with Gasteiger partial charge in [0.25, 0.3) is 0 Å². The van der Waals surface area contributed by atoms with Gasteiger partial charge in [-0.1, -0.05) is 19.0 Å². The van der Waals surface area contributed by atoms with Gasteiger partial charge < -0.3 is 20.3 Å². The van der Waals surface area contributed by atoms with E-state index in [0.29, 0.717) is 25.2 Å². The van der Waals surface area contributed by atoms with Gasteiger partial charge >= 0.3 is 12.0 Å². The number of rotatable bonds is 8. The highest BCUT2D eigenvalue weighted by atomic mass is 16.5. The van der Waals surface area contributed by atoms with Crippen LogP contribution in [-0.4, -0.2) is 40.3 Å². The summed E-state index contributed by atoms with van der Waals surface area (Å²) in [6, 6.07) is -0.400. The number of nitrogens with one attached hydrogen (secondary N) is 2. The van der Waals surface area contributed by atoms with Crippen molar-refractivity contribution in [3.63, 3.8) is 0 Å². The highest BCUT2D eigenvalue weighted by Crippen LogP contribution is 2.10. The Kier molecular flexibility index (Phi) is 6.48. The second-order valence-corrected chi connectivity index (χ2v) is 4.90. The molecule has 1 heterocycles. The molecule has 0 fully saturated rings. The number of carbonyl (C=O) groups is 2. The highest BCUT2D eigenvalue weighted by Gasteiger charge is 2.19. The van der Waals surface area contributed by atoms with E-state index in [2.05, 4.69) is 25.3 Å². The molecule has 8 nitrogen and oxygen atoms in total. The number of nitrogens with zero attached hydrogens (tertiary/aromatic N) is 2. The molecule has 1 unspecified atom stereocenters. The molecule has 3 N–H and O–H groups in total. The van der Waals surface area contributed by atoms with Gasteiger partial charge in [0.1, 0.15) is 0 Å². The van der Waals surface area contributed by atoms with Crippen molar-refractivity contribution in [2.75, 3.05) is 13.1 Å². The smallest absolute Gasteiger partial charge is 0.314 e. The van der Waals surface area contributed by atoms with Crippen molar-refractivity contribution in [2.45, 2.75) is 26.7 Å². The molecular formula is C12H20N4O4. The Morgan fingerprint density at radius 1 is 1.40 bits per heavy atom. The molecule has 0 bridgehead atoms. The van der Waals surface area contributed by atoms with E-state index in [0.717, 1.165) is 0 Å². The number of amides is 2. The Balaban J connectivity index is 2.22. The van der Waals surface area contributed by atoms with Crippen LogP contribution in [0.5, 0.6) is 0 Å². The first-order valence-corrected chi connectivity index (χ1v) is 6.48. The molecule has 0 aliphatic rings. The topological polar surface area (TPSA) is 117 Å². The minimum atomic E-state index is -0.897. The predicted molar refractivity (Wildman–Crippen MR) is 70.0 cm³/mol. The fourth-order valence-corrected chi connectivity index (χ4v) is 1.71. The van der Waals surface area contributed by atoms with E-state index in [-0.39, 0.29) is 12.5 Å². The largest absolute Gasteiger partial charge is 0.481 e. The molecule has 2 amide bonds. The predicted octanol–water partition coefficient (Wildman–Crippen LogP) is 0.658. The molecule has 20 heavy (non-hydrogen) atoms. The van der Waals surface area contributed by atoms with Crippen molar-refractivity contribution in [1.29, 1.82) is 0 Å². The van der Waals surface area contributed by atoms with Crippen molar-refractivity contribution < 1.29 is 19.2 Å². The van der Waals surface area contributed by atoms with Gasteiger partial charge in [-0.3, -0.25) is 4.79 Å². The molecule has 1 aromatic heterocycles. The zero-order valence-corrected chi connectivity index (χ0v) is 11.6. The Bertz CT molecular complexity index is 419. The lowest BCUT2D eigenvalue weighted by molar-refractivity contribution is -0.142. The molecule has 1 atom stereocenters. The van der Waals surface area contributed by atoms with Gasteiger partial charge in [-0.15, -0.1) is 0 Å². The van der Waals surface area contributed by atoms with Crippen LogP contribution in [0, 0.1) is 11.8 Å². The van der Waals surface area contributed by atoms with Gasteiger partial charge in [0.15, 0.2) is 5.82 Å². The SMILES string of the molecule is CC(C)CC(CNC(=O)NCCc1ncon1)C(=O)O. The van der Waals surface area contributed by atoms with Gasteiger partial charge in [0.2, 0.25) is 6.39 Å². The first kappa shape index (κ1) is 15.9. The highest BCUT2D eigenvalue weighted by molar-refractivity contribution is 5.75. The zero-order chi connectivity index (χ0) is 15.0. The van der Waals surface area contributed by atoms with Crippen molar-refractivity contribution in [3.05, 3.63) is 12.2 Å². The Morgan fingerprint density at radius 2 is 2.15 bits per heavy atom. The number of aromatic nitrogens is 2. The van der Waals surface area contributed by atoms with Crippen LogP contribution in [0.3, 0.4) is 0 Å². The van der Waals surface area contributed by atoms with E-state index in [4.69, 9.17) is 5.11 Å². The van der Waals surface area contributed by atoms with Crippen LogP contribution in [-0.2, 0) is 11.2 Å². The van der Waals surface area contributed by atoms with E-state index < -0.39 is 17.9 Å². The second-order valence-electron chi connectivity index (χ2n) is 4.90. The standard InChI is InChI=1S/C12H20N4O4/c1-8(2)5-9(11(17)18)6-14-12(19)13-4-3-10-15-7-20-16-10/h7-9H,3-6H2,1-2H3,(H,17,18)(H2,13,14,19). The number of hydrogen-bond acceptors (Lipinski definition) is 5. The van der Waals surface area contributed by atoms with E-state index in [1.165, 1.54) is 6.39 Å². The van der Waals surface area contributed by atoms with E-state index in [1.807, 2.05) is 13.8 Å². The summed E-state index contributed by atoms with van der Waals surface area (Å²) in [7, 11) is 0. The average molecular weight is 284 g/mol. The van der Waals surface area contributed by atoms with Crippen LogP contribution < -0.4 is 10.6 Å². The maximum absolute atomic E-state index is 11.5. The van der Waals surface area contributed by atoms with Crippen molar-refractivity contribution in [1.82, 2.24) is 20.8 Å². The van der Waals surface area contributed by atoms with Crippen LogP contribution in [0.2, 0.25) is 0 Å². The number of carboxylic acids is 1. The molecule has 112 valence electrons. The maximum Gasteiger partial charge on any atom is 0.314 e. The van der Waals surface area contributed by atoms with Crippen molar-refractivity contribution in [2.24, 2.45) is 11.8 Å². The third-order valence-corrected chi connectivity index (χ3v) is 2.66. The summed E-state index contributed by atoms with van der Waals surface area (Å²) >= 11 is 0. The molecule has 0 saturated heterocycles. The lowest BCUT2D eigenvalue weighted by Gasteiger charge is -2.15. The molecule has 0 radical (unpaired) electrons. The lowest BCUT2D eigenvalue weighted by Crippen LogP contribution is -2.41. The minimum Gasteiger partial charge on any atom is -0.481 e. The Labute approximate surface area is 116 Å². The first-order valence-electron chi connectivity index (χ1n) is 6.48. The molecule has 0 aromatic carbocycles. The number of carboxylic acid groups (broad SMARTS) is 1. The fraction of sp³-hybridized carbons (Fsp3) is 0.667. The van der Waals surface area contributed by atoms with Gasteiger partial charge in [0, 0.05) is 19.5 Å². The van der Waals surface area contributed by atoms with Crippen LogP contribution in [0.1, 0.15) is 26.1 Å². The monoisotopic (exact) mass is 284 g/mol. The number of hydrogen-bond donors (Lipinski definition) is 3.